The van der Waals surface area contributed by atoms with Crippen LogP contribution >= 0.6 is 11.3 Å². The highest BCUT2D eigenvalue weighted by Gasteiger charge is 2.32. The quantitative estimate of drug-likeness (QED) is 0.504. The van der Waals surface area contributed by atoms with Gasteiger partial charge in [-0.05, 0) is 56.3 Å². The van der Waals surface area contributed by atoms with E-state index in [9.17, 15) is 13.2 Å². The zero-order valence-electron chi connectivity index (χ0n) is 19.1. The number of thiazole rings is 1. The van der Waals surface area contributed by atoms with Crippen molar-refractivity contribution in [3.05, 3.63) is 52.8 Å². The maximum atomic E-state index is 13.1. The Hall–Kier alpha value is -2.97. The first-order valence-electron chi connectivity index (χ1n) is 10.7. The molecule has 0 N–H and O–H groups in total. The Morgan fingerprint density at radius 1 is 1.21 bits per heavy atom. The highest BCUT2D eigenvalue weighted by molar-refractivity contribution is 7.89. The van der Waals surface area contributed by atoms with E-state index in [4.69, 9.17) is 15.9 Å². The summed E-state index contributed by atoms with van der Waals surface area (Å²) in [5.41, 5.74) is 1.13. The summed E-state index contributed by atoms with van der Waals surface area (Å²) < 4.78 is 41.1. The van der Waals surface area contributed by atoms with Crippen LogP contribution in [0, 0.1) is 12.3 Å². The molecule has 0 radical (unpaired) electrons. The van der Waals surface area contributed by atoms with Gasteiger partial charge in [0.05, 0.1) is 41.0 Å². The molecular weight excluding hydrogens is 474 g/mol. The van der Waals surface area contributed by atoms with Gasteiger partial charge in [-0.25, -0.2) is 8.42 Å². The van der Waals surface area contributed by atoms with Crippen molar-refractivity contribution >= 4 is 37.5 Å². The second-order valence-corrected chi connectivity index (χ2v) is 11.0. The van der Waals surface area contributed by atoms with E-state index in [-0.39, 0.29) is 42.3 Å². The van der Waals surface area contributed by atoms with E-state index in [2.05, 4.69) is 10.9 Å². The van der Waals surface area contributed by atoms with Crippen LogP contribution in [0.25, 0.3) is 10.2 Å². The van der Waals surface area contributed by atoms with Crippen LogP contribution in [0.5, 0.6) is 5.75 Å². The van der Waals surface area contributed by atoms with E-state index in [1.54, 1.807) is 11.7 Å². The zero-order chi connectivity index (χ0) is 24.5. The van der Waals surface area contributed by atoms with E-state index >= 15 is 0 Å². The summed E-state index contributed by atoms with van der Waals surface area (Å²) >= 11 is 1.33. The first-order chi connectivity index (χ1) is 16.2. The lowest BCUT2D eigenvalue weighted by atomic mass is 10.2. The number of fused-ring (bicyclic) bond motifs is 1. The number of amides is 1. The lowest BCUT2D eigenvalue weighted by Gasteiger charge is -2.34. The molecule has 3 aromatic rings. The molecule has 2 atom stereocenters. The molecule has 1 saturated heterocycles. The molecule has 1 fully saturated rings. The Kier molecular flexibility index (Phi) is 6.91. The first-order valence-corrected chi connectivity index (χ1v) is 12.9. The number of hydrogen-bond acceptors (Lipinski definition) is 6. The maximum Gasteiger partial charge on any atom is 0.279 e. The van der Waals surface area contributed by atoms with Gasteiger partial charge in [0.1, 0.15) is 5.75 Å². The van der Waals surface area contributed by atoms with Gasteiger partial charge in [0.25, 0.3) is 5.91 Å². The van der Waals surface area contributed by atoms with Gasteiger partial charge in [-0.3, -0.25) is 4.79 Å². The van der Waals surface area contributed by atoms with Crippen molar-refractivity contribution < 1.29 is 22.7 Å². The number of terminal acetylenes is 1. The molecule has 0 spiro atoms. The SMILES string of the molecule is C#CCn1c(=NC(=O)c2ccc(S(=O)(=O)N3CC(C)OC(C)C3)cc2)sc2cc(OC)ccc21. The minimum Gasteiger partial charge on any atom is -0.497 e. The number of hydrogen-bond donors (Lipinski definition) is 0. The lowest BCUT2D eigenvalue weighted by Crippen LogP contribution is -2.48. The van der Waals surface area contributed by atoms with Crippen LogP contribution in [-0.2, 0) is 21.3 Å². The molecule has 2 unspecified atom stereocenters. The van der Waals surface area contributed by atoms with Gasteiger partial charge in [-0.1, -0.05) is 17.3 Å². The molecule has 1 aliphatic rings. The van der Waals surface area contributed by atoms with Crippen LogP contribution in [-0.4, -0.2) is 55.6 Å². The third-order valence-electron chi connectivity index (χ3n) is 5.46. The Morgan fingerprint density at radius 3 is 2.50 bits per heavy atom. The molecule has 2 heterocycles. The minimum atomic E-state index is -3.69. The molecule has 34 heavy (non-hydrogen) atoms. The highest BCUT2D eigenvalue weighted by Crippen LogP contribution is 2.24. The summed E-state index contributed by atoms with van der Waals surface area (Å²) in [5, 5.41) is 0. The Morgan fingerprint density at radius 2 is 1.88 bits per heavy atom. The Bertz CT molecular complexity index is 1420. The number of sulfonamides is 1. The molecule has 1 aromatic heterocycles. The van der Waals surface area contributed by atoms with E-state index < -0.39 is 15.9 Å². The Labute approximate surface area is 202 Å². The second kappa shape index (κ2) is 9.72. The molecule has 0 aliphatic carbocycles. The monoisotopic (exact) mass is 499 g/mol. The number of morpholine rings is 1. The minimum absolute atomic E-state index is 0.127. The fraction of sp³-hybridized carbons (Fsp3) is 0.333. The average Bonchev–Trinajstić information content (AvgIpc) is 3.14. The van der Waals surface area contributed by atoms with E-state index in [0.717, 1.165) is 10.2 Å². The average molecular weight is 500 g/mol. The largest absolute Gasteiger partial charge is 0.497 e. The topological polar surface area (TPSA) is 90.2 Å². The van der Waals surface area contributed by atoms with Gasteiger partial charge >= 0.3 is 0 Å². The number of rotatable bonds is 5. The number of carbonyl (C=O) groups is 1. The van der Waals surface area contributed by atoms with Gasteiger partial charge in [0.15, 0.2) is 4.80 Å². The smallest absolute Gasteiger partial charge is 0.279 e. The fourth-order valence-corrected chi connectivity index (χ4v) is 6.55. The number of nitrogens with zero attached hydrogens (tertiary/aromatic N) is 3. The van der Waals surface area contributed by atoms with Gasteiger partial charge in [-0.15, -0.1) is 6.42 Å². The molecule has 1 amide bonds. The van der Waals surface area contributed by atoms with Crippen molar-refractivity contribution in [2.24, 2.45) is 4.99 Å². The van der Waals surface area contributed by atoms with Gasteiger partial charge in [0, 0.05) is 18.7 Å². The molecule has 0 bridgehead atoms. The molecule has 2 aromatic carbocycles. The zero-order valence-corrected chi connectivity index (χ0v) is 20.7. The first kappa shape index (κ1) is 24.2. The number of ether oxygens (including phenoxy) is 2. The summed E-state index contributed by atoms with van der Waals surface area (Å²) in [7, 11) is -2.11. The number of methoxy groups -OCH3 is 1. The number of carbonyl (C=O) groups excluding carboxylic acids is 1. The summed E-state index contributed by atoms with van der Waals surface area (Å²) in [5.74, 6) is 2.80. The molecule has 1 aliphatic heterocycles. The van der Waals surface area contributed by atoms with Crippen LogP contribution in [0.2, 0.25) is 0 Å². The molecule has 0 saturated carbocycles. The highest BCUT2D eigenvalue weighted by atomic mass is 32.2. The van der Waals surface area contributed by atoms with Crippen molar-refractivity contribution in [1.29, 1.82) is 0 Å². The van der Waals surface area contributed by atoms with Gasteiger partial charge < -0.3 is 14.0 Å². The molecular formula is C24H25N3O5S2. The van der Waals surface area contributed by atoms with E-state index in [1.807, 2.05) is 32.0 Å². The summed E-state index contributed by atoms with van der Waals surface area (Å²) in [6, 6.07) is 11.4. The van der Waals surface area contributed by atoms with Gasteiger partial charge in [0.2, 0.25) is 10.0 Å². The molecule has 10 heteroatoms. The molecule has 8 nitrogen and oxygen atoms in total. The maximum absolute atomic E-state index is 13.1. The second-order valence-electron chi connectivity index (χ2n) is 8.03. The summed E-state index contributed by atoms with van der Waals surface area (Å²) in [6.45, 7) is 4.52. The van der Waals surface area contributed by atoms with Crippen molar-refractivity contribution in [2.75, 3.05) is 20.2 Å². The van der Waals surface area contributed by atoms with Crippen LogP contribution in [0.15, 0.2) is 52.4 Å². The van der Waals surface area contributed by atoms with Crippen LogP contribution < -0.4 is 9.54 Å². The molecule has 4 rings (SSSR count). The normalized spacial score (nSPS) is 19.8. The summed E-state index contributed by atoms with van der Waals surface area (Å²) in [4.78, 5) is 17.7. The Balaban J connectivity index is 1.64. The standard InChI is InChI=1S/C24H25N3O5S2/c1-5-12-27-21-11-8-19(31-4)13-22(21)33-24(27)25-23(28)18-6-9-20(10-7-18)34(29,30)26-14-16(2)32-17(3)15-26/h1,6-11,13,16-17H,12,14-15H2,2-4H3. The fourth-order valence-electron chi connectivity index (χ4n) is 3.91. The van der Waals surface area contributed by atoms with Gasteiger partial charge in [-0.2, -0.15) is 9.30 Å². The van der Waals surface area contributed by atoms with Crippen molar-refractivity contribution in [3.63, 3.8) is 0 Å². The van der Waals surface area contributed by atoms with Crippen molar-refractivity contribution in [3.8, 4) is 18.1 Å². The van der Waals surface area contributed by atoms with Crippen molar-refractivity contribution in [1.82, 2.24) is 8.87 Å². The van der Waals surface area contributed by atoms with E-state index in [0.29, 0.717) is 10.6 Å². The molecule has 178 valence electrons. The third kappa shape index (κ3) is 4.79. The van der Waals surface area contributed by atoms with Crippen LogP contribution in [0.1, 0.15) is 24.2 Å². The summed E-state index contributed by atoms with van der Waals surface area (Å²) in [6.07, 6.45) is 5.16. The van der Waals surface area contributed by atoms with Crippen LogP contribution in [0.3, 0.4) is 0 Å². The number of benzene rings is 2. The van der Waals surface area contributed by atoms with Crippen LogP contribution in [0.4, 0.5) is 0 Å². The lowest BCUT2D eigenvalue weighted by molar-refractivity contribution is -0.0440. The predicted octanol–water partition coefficient (Wildman–Crippen LogP) is 2.88. The predicted molar refractivity (Wildman–Crippen MR) is 130 cm³/mol. The van der Waals surface area contributed by atoms with Crippen molar-refractivity contribution in [2.45, 2.75) is 37.5 Å². The third-order valence-corrected chi connectivity index (χ3v) is 8.35. The van der Waals surface area contributed by atoms with E-state index in [1.165, 1.54) is 39.9 Å². The number of aromatic nitrogens is 1.